The van der Waals surface area contributed by atoms with Gasteiger partial charge in [0.1, 0.15) is 6.04 Å². The Balaban J connectivity index is 2.03. The third-order valence-electron chi connectivity index (χ3n) is 4.47. The van der Waals surface area contributed by atoms with Crippen LogP contribution >= 0.6 is 0 Å². The molecule has 1 N–H and O–H groups in total. The Morgan fingerprint density at radius 1 is 1.35 bits per heavy atom. The lowest BCUT2D eigenvalue weighted by Crippen LogP contribution is -2.43. The molecule has 0 spiro atoms. The number of hydrogen-bond acceptors (Lipinski definition) is 2. The first-order chi connectivity index (χ1) is 8.09. The molecule has 98 valence electrons. The maximum absolute atomic E-state index is 11.4. The predicted molar refractivity (Wildman–Crippen MR) is 67.9 cm³/mol. The lowest BCUT2D eigenvalue weighted by atomic mass is 9.84. The molecule has 2 aliphatic rings. The van der Waals surface area contributed by atoms with E-state index in [1.54, 1.807) is 0 Å². The highest BCUT2D eigenvalue weighted by Gasteiger charge is 2.44. The van der Waals surface area contributed by atoms with E-state index < -0.39 is 5.97 Å². The molecule has 0 amide bonds. The number of aliphatic carboxylic acids is 1. The van der Waals surface area contributed by atoms with Crippen molar-refractivity contribution in [3.63, 3.8) is 0 Å². The first kappa shape index (κ1) is 12.9. The van der Waals surface area contributed by atoms with Crippen LogP contribution in [0.1, 0.15) is 52.4 Å². The molecule has 17 heavy (non-hydrogen) atoms. The number of carboxylic acid groups (broad SMARTS) is 1. The normalized spacial score (nSPS) is 33.9. The van der Waals surface area contributed by atoms with Gasteiger partial charge in [0.2, 0.25) is 0 Å². The molecule has 0 aromatic carbocycles. The number of nitrogens with zero attached hydrogens (tertiary/aromatic N) is 1. The first-order valence-corrected chi connectivity index (χ1v) is 7.08. The van der Waals surface area contributed by atoms with Crippen molar-refractivity contribution >= 4 is 5.97 Å². The zero-order valence-corrected chi connectivity index (χ0v) is 11.1. The molecule has 1 saturated heterocycles. The molecule has 2 rings (SSSR count). The van der Waals surface area contributed by atoms with Crippen LogP contribution < -0.4 is 0 Å². The van der Waals surface area contributed by atoms with Gasteiger partial charge in [-0.05, 0) is 44.1 Å². The SMILES string of the molecule is CC(C)CCN1[C@@H]2CCCC[C@H]2C[C@H]1C(=O)O. The third-order valence-corrected chi connectivity index (χ3v) is 4.47. The smallest absolute Gasteiger partial charge is 0.320 e. The lowest BCUT2D eigenvalue weighted by Gasteiger charge is -2.33. The number of carbonyl (C=O) groups is 1. The van der Waals surface area contributed by atoms with Crippen LogP contribution in [0.3, 0.4) is 0 Å². The summed E-state index contributed by atoms with van der Waals surface area (Å²) in [5.41, 5.74) is 0. The van der Waals surface area contributed by atoms with E-state index in [-0.39, 0.29) is 6.04 Å². The van der Waals surface area contributed by atoms with Crippen LogP contribution in [0.2, 0.25) is 0 Å². The molecule has 0 unspecified atom stereocenters. The van der Waals surface area contributed by atoms with Crippen LogP contribution in [0.5, 0.6) is 0 Å². The van der Waals surface area contributed by atoms with Crippen LogP contribution in [-0.2, 0) is 4.79 Å². The van der Waals surface area contributed by atoms with Crippen molar-refractivity contribution in [1.82, 2.24) is 4.90 Å². The van der Waals surface area contributed by atoms with Crippen molar-refractivity contribution in [3.8, 4) is 0 Å². The first-order valence-electron chi connectivity index (χ1n) is 7.08. The highest BCUT2D eigenvalue weighted by atomic mass is 16.4. The molecule has 0 aromatic heterocycles. The van der Waals surface area contributed by atoms with Gasteiger partial charge in [-0.3, -0.25) is 9.69 Å². The van der Waals surface area contributed by atoms with Crippen LogP contribution in [0, 0.1) is 11.8 Å². The van der Waals surface area contributed by atoms with Gasteiger partial charge in [-0.1, -0.05) is 26.7 Å². The second-order valence-corrected chi connectivity index (χ2v) is 6.12. The van der Waals surface area contributed by atoms with E-state index in [1.165, 1.54) is 25.7 Å². The summed E-state index contributed by atoms with van der Waals surface area (Å²) in [6.45, 7) is 5.39. The van der Waals surface area contributed by atoms with Crippen molar-refractivity contribution in [2.24, 2.45) is 11.8 Å². The standard InChI is InChI=1S/C14H25NO2/c1-10(2)7-8-15-12-6-4-3-5-11(12)9-13(15)14(16)17/h10-13H,3-9H2,1-2H3,(H,16,17)/t11-,12+,13-/m0/s1. The third kappa shape index (κ3) is 2.82. The Bertz CT molecular complexity index is 277. The van der Waals surface area contributed by atoms with Gasteiger partial charge in [0.25, 0.3) is 0 Å². The molecule has 0 aromatic rings. The average Bonchev–Trinajstić information content (AvgIpc) is 2.65. The van der Waals surface area contributed by atoms with Crippen molar-refractivity contribution in [3.05, 3.63) is 0 Å². The van der Waals surface area contributed by atoms with Crippen molar-refractivity contribution in [2.45, 2.75) is 64.5 Å². The Labute approximate surface area is 104 Å². The van der Waals surface area contributed by atoms with E-state index in [4.69, 9.17) is 0 Å². The van der Waals surface area contributed by atoms with Gasteiger partial charge in [0.05, 0.1) is 0 Å². The summed E-state index contributed by atoms with van der Waals surface area (Å²) in [7, 11) is 0. The van der Waals surface area contributed by atoms with Crippen LogP contribution in [0.4, 0.5) is 0 Å². The van der Waals surface area contributed by atoms with Gasteiger partial charge in [-0.2, -0.15) is 0 Å². The van der Waals surface area contributed by atoms with Gasteiger partial charge in [-0.15, -0.1) is 0 Å². The lowest BCUT2D eigenvalue weighted by molar-refractivity contribution is -0.142. The summed E-state index contributed by atoms with van der Waals surface area (Å²) in [4.78, 5) is 13.7. The molecule has 1 heterocycles. The minimum absolute atomic E-state index is 0.207. The quantitative estimate of drug-likeness (QED) is 0.820. The monoisotopic (exact) mass is 239 g/mol. The molecule has 1 aliphatic heterocycles. The summed E-state index contributed by atoms with van der Waals surface area (Å²) in [6.07, 6.45) is 7.04. The van der Waals surface area contributed by atoms with Crippen LogP contribution in [0.15, 0.2) is 0 Å². The van der Waals surface area contributed by atoms with E-state index in [0.717, 1.165) is 19.4 Å². The summed E-state index contributed by atoms with van der Waals surface area (Å²) in [6, 6.07) is 0.352. The molecule has 1 aliphatic carbocycles. The van der Waals surface area contributed by atoms with E-state index >= 15 is 0 Å². The van der Waals surface area contributed by atoms with Gasteiger partial charge in [0, 0.05) is 6.04 Å². The predicted octanol–water partition coefficient (Wildman–Crippen LogP) is 2.75. The second-order valence-electron chi connectivity index (χ2n) is 6.12. The van der Waals surface area contributed by atoms with Crippen molar-refractivity contribution in [1.29, 1.82) is 0 Å². The highest BCUT2D eigenvalue weighted by Crippen LogP contribution is 2.39. The zero-order chi connectivity index (χ0) is 12.4. The molecule has 0 radical (unpaired) electrons. The molecular weight excluding hydrogens is 214 g/mol. The molecule has 3 nitrogen and oxygen atoms in total. The van der Waals surface area contributed by atoms with Gasteiger partial charge in [0.15, 0.2) is 0 Å². The molecule has 0 bridgehead atoms. The average molecular weight is 239 g/mol. The van der Waals surface area contributed by atoms with Gasteiger partial charge >= 0.3 is 5.97 Å². The molecule has 3 atom stereocenters. The van der Waals surface area contributed by atoms with E-state index in [2.05, 4.69) is 18.7 Å². The number of carboxylic acids is 1. The van der Waals surface area contributed by atoms with Crippen LogP contribution in [-0.4, -0.2) is 34.6 Å². The number of likely N-dealkylation sites (tertiary alicyclic amines) is 1. The summed E-state index contributed by atoms with van der Waals surface area (Å²) < 4.78 is 0. The minimum Gasteiger partial charge on any atom is -0.480 e. The Morgan fingerprint density at radius 3 is 2.71 bits per heavy atom. The second kappa shape index (κ2) is 5.38. The van der Waals surface area contributed by atoms with E-state index in [1.807, 2.05) is 0 Å². The number of fused-ring (bicyclic) bond motifs is 1. The fourth-order valence-electron chi connectivity index (χ4n) is 3.52. The molecular formula is C14H25NO2. The van der Waals surface area contributed by atoms with Crippen molar-refractivity contribution < 1.29 is 9.90 Å². The number of rotatable bonds is 4. The minimum atomic E-state index is -0.608. The fraction of sp³-hybridized carbons (Fsp3) is 0.929. The fourth-order valence-corrected chi connectivity index (χ4v) is 3.52. The number of hydrogen-bond donors (Lipinski definition) is 1. The Hall–Kier alpha value is -0.570. The summed E-state index contributed by atoms with van der Waals surface area (Å²) in [5.74, 6) is 0.701. The summed E-state index contributed by atoms with van der Waals surface area (Å²) in [5, 5.41) is 9.35. The highest BCUT2D eigenvalue weighted by molar-refractivity contribution is 5.74. The zero-order valence-electron chi connectivity index (χ0n) is 11.1. The van der Waals surface area contributed by atoms with Gasteiger partial charge in [-0.25, -0.2) is 0 Å². The van der Waals surface area contributed by atoms with Gasteiger partial charge < -0.3 is 5.11 Å². The van der Waals surface area contributed by atoms with Crippen molar-refractivity contribution in [2.75, 3.05) is 6.54 Å². The van der Waals surface area contributed by atoms with E-state index in [0.29, 0.717) is 17.9 Å². The Morgan fingerprint density at radius 2 is 2.06 bits per heavy atom. The molecule has 2 fully saturated rings. The largest absolute Gasteiger partial charge is 0.480 e. The Kier molecular flexibility index (Phi) is 4.08. The maximum atomic E-state index is 11.4. The van der Waals surface area contributed by atoms with E-state index in [9.17, 15) is 9.90 Å². The molecule has 3 heteroatoms. The maximum Gasteiger partial charge on any atom is 0.320 e. The topological polar surface area (TPSA) is 40.5 Å². The summed E-state index contributed by atoms with van der Waals surface area (Å²) >= 11 is 0. The van der Waals surface area contributed by atoms with Crippen LogP contribution in [0.25, 0.3) is 0 Å². The molecule has 1 saturated carbocycles.